The molecule has 0 amide bonds. The molecule has 2 fully saturated rings. The normalized spacial score (nSPS) is 37.9. The fourth-order valence-corrected chi connectivity index (χ4v) is 3.61. The van der Waals surface area contributed by atoms with Crippen LogP contribution >= 0.6 is 11.8 Å². The maximum atomic E-state index is 5.89. The quantitative estimate of drug-likeness (QED) is 0.731. The highest BCUT2D eigenvalue weighted by Crippen LogP contribution is 2.35. The summed E-state index contributed by atoms with van der Waals surface area (Å²) >= 11 is 2.00. The summed E-state index contributed by atoms with van der Waals surface area (Å²) in [7, 11) is 0. The standard InChI is InChI=1S/C10H20N2OS/c1-8-3-12(4-9(2)13-8)10(5-11)6-14-7-10/h8-9H,3-7,11H2,1-2H3/t8-,9+. The van der Waals surface area contributed by atoms with Crippen molar-refractivity contribution in [2.75, 3.05) is 31.1 Å². The average molecular weight is 216 g/mol. The zero-order valence-corrected chi connectivity index (χ0v) is 9.85. The van der Waals surface area contributed by atoms with E-state index in [-0.39, 0.29) is 5.54 Å². The lowest BCUT2D eigenvalue weighted by atomic mass is 9.99. The van der Waals surface area contributed by atoms with Crippen LogP contribution in [0.3, 0.4) is 0 Å². The summed E-state index contributed by atoms with van der Waals surface area (Å²) in [6, 6.07) is 0. The molecule has 0 bridgehead atoms. The first-order valence-electron chi connectivity index (χ1n) is 5.34. The molecule has 0 aromatic carbocycles. The molecule has 2 aliphatic heterocycles. The summed E-state index contributed by atoms with van der Waals surface area (Å²) in [6.45, 7) is 7.18. The lowest BCUT2D eigenvalue weighted by Gasteiger charge is -2.52. The van der Waals surface area contributed by atoms with Crippen molar-refractivity contribution < 1.29 is 4.74 Å². The number of hydrogen-bond donors (Lipinski definition) is 1. The monoisotopic (exact) mass is 216 g/mol. The maximum Gasteiger partial charge on any atom is 0.0678 e. The van der Waals surface area contributed by atoms with Gasteiger partial charge in [-0.25, -0.2) is 0 Å². The number of morpholine rings is 1. The molecule has 0 aromatic rings. The van der Waals surface area contributed by atoms with Gasteiger partial charge in [-0.3, -0.25) is 4.90 Å². The molecule has 2 aliphatic rings. The summed E-state index contributed by atoms with van der Waals surface area (Å²) in [6.07, 6.45) is 0.709. The van der Waals surface area contributed by atoms with Crippen LogP contribution in [0.4, 0.5) is 0 Å². The first kappa shape index (κ1) is 10.7. The molecule has 0 unspecified atom stereocenters. The second kappa shape index (κ2) is 4.00. The predicted molar refractivity (Wildman–Crippen MR) is 60.7 cm³/mol. The molecule has 0 aromatic heterocycles. The van der Waals surface area contributed by atoms with E-state index in [0.29, 0.717) is 12.2 Å². The highest BCUT2D eigenvalue weighted by atomic mass is 32.2. The number of ether oxygens (including phenoxy) is 1. The summed E-state index contributed by atoms with van der Waals surface area (Å²) in [5.74, 6) is 2.39. The predicted octanol–water partition coefficient (Wildman–Crippen LogP) is 0.540. The fraction of sp³-hybridized carbons (Fsp3) is 1.00. The van der Waals surface area contributed by atoms with Crippen LogP contribution in [0.15, 0.2) is 0 Å². The third-order valence-electron chi connectivity index (χ3n) is 3.21. The Labute approximate surface area is 90.3 Å². The molecule has 82 valence electrons. The van der Waals surface area contributed by atoms with E-state index in [1.807, 2.05) is 11.8 Å². The summed E-state index contributed by atoms with van der Waals surface area (Å²) < 4.78 is 5.74. The van der Waals surface area contributed by atoms with Gasteiger partial charge < -0.3 is 10.5 Å². The van der Waals surface area contributed by atoms with E-state index in [9.17, 15) is 0 Å². The third-order valence-corrected chi connectivity index (χ3v) is 4.69. The summed E-state index contributed by atoms with van der Waals surface area (Å²) in [5, 5.41) is 0. The zero-order valence-electron chi connectivity index (χ0n) is 9.03. The molecule has 0 radical (unpaired) electrons. The minimum Gasteiger partial charge on any atom is -0.373 e. The lowest BCUT2D eigenvalue weighted by molar-refractivity contribution is -0.0941. The van der Waals surface area contributed by atoms with Gasteiger partial charge in [0.05, 0.1) is 17.7 Å². The van der Waals surface area contributed by atoms with Crippen LogP contribution in [-0.4, -0.2) is 53.8 Å². The zero-order chi connectivity index (χ0) is 10.2. The van der Waals surface area contributed by atoms with Gasteiger partial charge in [-0.2, -0.15) is 11.8 Å². The largest absolute Gasteiger partial charge is 0.373 e. The molecule has 3 nitrogen and oxygen atoms in total. The first-order chi connectivity index (χ1) is 6.66. The smallest absolute Gasteiger partial charge is 0.0678 e. The van der Waals surface area contributed by atoms with Crippen molar-refractivity contribution in [1.82, 2.24) is 4.90 Å². The van der Waals surface area contributed by atoms with Crippen LogP contribution in [-0.2, 0) is 4.74 Å². The van der Waals surface area contributed by atoms with Crippen molar-refractivity contribution >= 4 is 11.8 Å². The molecular weight excluding hydrogens is 196 g/mol. The fourth-order valence-electron chi connectivity index (χ4n) is 2.33. The van der Waals surface area contributed by atoms with E-state index in [0.717, 1.165) is 19.6 Å². The number of thioether (sulfide) groups is 1. The van der Waals surface area contributed by atoms with Crippen molar-refractivity contribution in [3.63, 3.8) is 0 Å². The van der Waals surface area contributed by atoms with Gasteiger partial charge in [-0.1, -0.05) is 0 Å². The van der Waals surface area contributed by atoms with Gasteiger partial charge >= 0.3 is 0 Å². The average Bonchev–Trinajstić information content (AvgIpc) is 2.01. The third kappa shape index (κ3) is 1.81. The Morgan fingerprint density at radius 3 is 2.29 bits per heavy atom. The lowest BCUT2D eigenvalue weighted by Crippen LogP contribution is -2.66. The van der Waals surface area contributed by atoms with Crippen molar-refractivity contribution in [2.45, 2.75) is 31.6 Å². The van der Waals surface area contributed by atoms with Gasteiger partial charge in [0.25, 0.3) is 0 Å². The van der Waals surface area contributed by atoms with E-state index >= 15 is 0 Å². The Bertz CT molecular complexity index is 193. The van der Waals surface area contributed by atoms with Crippen molar-refractivity contribution in [3.05, 3.63) is 0 Å². The molecular formula is C10H20N2OS. The van der Waals surface area contributed by atoms with Gasteiger partial charge in [-0.15, -0.1) is 0 Å². The van der Waals surface area contributed by atoms with E-state index in [1.54, 1.807) is 0 Å². The first-order valence-corrected chi connectivity index (χ1v) is 6.50. The summed E-state index contributed by atoms with van der Waals surface area (Å²) in [5.41, 5.74) is 6.18. The van der Waals surface area contributed by atoms with Crippen LogP contribution in [0.2, 0.25) is 0 Å². The van der Waals surface area contributed by atoms with Gasteiger partial charge in [0, 0.05) is 31.1 Å². The molecule has 2 N–H and O–H groups in total. The van der Waals surface area contributed by atoms with Gasteiger partial charge in [-0.05, 0) is 13.8 Å². The molecule has 0 spiro atoms. The van der Waals surface area contributed by atoms with Gasteiger partial charge in [0.1, 0.15) is 0 Å². The van der Waals surface area contributed by atoms with Gasteiger partial charge in [0.2, 0.25) is 0 Å². The second-order valence-electron chi connectivity index (χ2n) is 4.58. The second-order valence-corrected chi connectivity index (χ2v) is 5.57. The minimum atomic E-state index is 0.289. The Kier molecular flexibility index (Phi) is 3.07. The SMILES string of the molecule is C[C@@H]1CN(C2(CN)CSC2)C[C@H](C)O1. The molecule has 0 aliphatic carbocycles. The van der Waals surface area contributed by atoms with Crippen LogP contribution in [0.25, 0.3) is 0 Å². The number of hydrogen-bond acceptors (Lipinski definition) is 4. The Morgan fingerprint density at radius 2 is 1.93 bits per heavy atom. The molecule has 2 heterocycles. The highest BCUT2D eigenvalue weighted by Gasteiger charge is 2.44. The number of nitrogens with two attached hydrogens (primary N) is 1. The van der Waals surface area contributed by atoms with Gasteiger partial charge in [0.15, 0.2) is 0 Å². The Hall–Kier alpha value is 0.230. The number of nitrogens with zero attached hydrogens (tertiary/aromatic N) is 1. The van der Waals surface area contributed by atoms with Crippen molar-refractivity contribution in [2.24, 2.45) is 5.73 Å². The molecule has 2 atom stereocenters. The molecule has 14 heavy (non-hydrogen) atoms. The van der Waals surface area contributed by atoms with E-state index in [4.69, 9.17) is 10.5 Å². The summed E-state index contributed by atoms with van der Waals surface area (Å²) in [4.78, 5) is 2.54. The van der Waals surface area contributed by atoms with Crippen molar-refractivity contribution in [1.29, 1.82) is 0 Å². The van der Waals surface area contributed by atoms with Crippen LogP contribution in [0.5, 0.6) is 0 Å². The van der Waals surface area contributed by atoms with E-state index < -0.39 is 0 Å². The van der Waals surface area contributed by atoms with E-state index in [2.05, 4.69) is 18.7 Å². The minimum absolute atomic E-state index is 0.289. The number of rotatable bonds is 2. The van der Waals surface area contributed by atoms with E-state index in [1.165, 1.54) is 11.5 Å². The molecule has 4 heteroatoms. The molecule has 0 saturated carbocycles. The maximum absolute atomic E-state index is 5.89. The topological polar surface area (TPSA) is 38.5 Å². The Balaban J connectivity index is 2.02. The highest BCUT2D eigenvalue weighted by molar-refractivity contribution is 8.00. The molecule has 2 rings (SSSR count). The van der Waals surface area contributed by atoms with Crippen molar-refractivity contribution in [3.8, 4) is 0 Å². The van der Waals surface area contributed by atoms with Crippen LogP contribution < -0.4 is 5.73 Å². The molecule has 2 saturated heterocycles. The Morgan fingerprint density at radius 1 is 1.36 bits per heavy atom. The van der Waals surface area contributed by atoms with Crippen LogP contribution in [0.1, 0.15) is 13.8 Å². The van der Waals surface area contributed by atoms with Crippen LogP contribution in [0, 0.1) is 0 Å².